The van der Waals surface area contributed by atoms with Crippen molar-refractivity contribution in [2.75, 3.05) is 5.75 Å². The van der Waals surface area contributed by atoms with E-state index in [-0.39, 0.29) is 5.75 Å². The number of nitrogens with zero attached hydrogens (tertiary/aromatic N) is 2. The van der Waals surface area contributed by atoms with E-state index in [9.17, 15) is 8.42 Å². The average Bonchev–Trinajstić information content (AvgIpc) is 2.75. The summed E-state index contributed by atoms with van der Waals surface area (Å²) in [6.07, 6.45) is 0. The Labute approximate surface area is 180 Å². The number of aromatic nitrogens is 2. The van der Waals surface area contributed by atoms with Gasteiger partial charge in [0.05, 0.1) is 21.2 Å². The highest BCUT2D eigenvalue weighted by Crippen LogP contribution is 2.30. The molecule has 0 spiro atoms. The van der Waals surface area contributed by atoms with Crippen LogP contribution in [-0.2, 0) is 9.84 Å². The maximum absolute atomic E-state index is 12.2. The van der Waals surface area contributed by atoms with Crippen molar-refractivity contribution in [1.82, 2.24) is 9.97 Å². The molecule has 4 aromatic rings. The monoisotopic (exact) mass is 438 g/mol. The minimum Gasteiger partial charge on any atom is -0.437 e. The summed E-state index contributed by atoms with van der Waals surface area (Å²) < 4.78 is 30.4. The smallest absolute Gasteiger partial charge is 0.241 e. The quantitative estimate of drug-likeness (QED) is 0.391. The number of para-hydroxylation sites is 1. The van der Waals surface area contributed by atoms with E-state index in [0.29, 0.717) is 38.3 Å². The molecular formula is C23H19ClN2O3S. The van der Waals surface area contributed by atoms with Crippen molar-refractivity contribution in [1.29, 1.82) is 0 Å². The van der Waals surface area contributed by atoms with Crippen molar-refractivity contribution in [3.63, 3.8) is 0 Å². The fourth-order valence-corrected chi connectivity index (χ4v) is 4.23. The average molecular weight is 439 g/mol. The van der Waals surface area contributed by atoms with E-state index in [1.165, 1.54) is 0 Å². The lowest BCUT2D eigenvalue weighted by Crippen LogP contribution is -2.03. The van der Waals surface area contributed by atoms with Gasteiger partial charge in [0.1, 0.15) is 17.0 Å². The van der Waals surface area contributed by atoms with Crippen molar-refractivity contribution >= 4 is 32.5 Å². The topological polar surface area (TPSA) is 69.2 Å². The van der Waals surface area contributed by atoms with Crippen molar-refractivity contribution < 1.29 is 13.2 Å². The zero-order valence-electron chi connectivity index (χ0n) is 16.5. The van der Waals surface area contributed by atoms with Crippen molar-refractivity contribution in [3.8, 4) is 22.8 Å². The van der Waals surface area contributed by atoms with E-state index in [2.05, 4.69) is 9.97 Å². The van der Waals surface area contributed by atoms with Crippen LogP contribution in [0.15, 0.2) is 71.6 Å². The number of halogens is 1. The number of aryl methyl sites for hydroxylation is 1. The summed E-state index contributed by atoms with van der Waals surface area (Å²) in [7, 11) is -3.28. The van der Waals surface area contributed by atoms with Gasteiger partial charge in [-0.05, 0) is 54.4 Å². The summed E-state index contributed by atoms with van der Waals surface area (Å²) in [5, 5.41) is 0.540. The molecule has 1 aromatic heterocycles. The van der Waals surface area contributed by atoms with Gasteiger partial charge in [0.25, 0.3) is 0 Å². The Hall–Kier alpha value is -2.96. The van der Waals surface area contributed by atoms with Crippen molar-refractivity contribution in [2.45, 2.75) is 18.7 Å². The molecule has 0 unspecified atom stereocenters. The van der Waals surface area contributed by atoms with E-state index in [4.69, 9.17) is 16.3 Å². The van der Waals surface area contributed by atoms with E-state index in [0.717, 1.165) is 11.1 Å². The number of benzene rings is 3. The third-order valence-electron chi connectivity index (χ3n) is 4.73. The molecule has 0 saturated heterocycles. The van der Waals surface area contributed by atoms with Crippen LogP contribution in [0.25, 0.3) is 22.2 Å². The zero-order valence-corrected chi connectivity index (χ0v) is 18.0. The number of ether oxygens (including phenoxy) is 1. The third-order valence-corrected chi connectivity index (χ3v) is 6.77. The second kappa shape index (κ2) is 8.05. The van der Waals surface area contributed by atoms with Gasteiger partial charge in [-0.3, -0.25) is 0 Å². The van der Waals surface area contributed by atoms with Crippen LogP contribution in [0, 0.1) is 6.92 Å². The molecule has 0 atom stereocenters. The molecule has 0 bridgehead atoms. The van der Waals surface area contributed by atoms with Gasteiger partial charge in [0.15, 0.2) is 9.84 Å². The molecule has 7 heteroatoms. The minimum atomic E-state index is -3.28. The Bertz CT molecular complexity index is 1350. The largest absolute Gasteiger partial charge is 0.437 e. The van der Waals surface area contributed by atoms with Gasteiger partial charge in [0, 0.05) is 0 Å². The van der Waals surface area contributed by atoms with Gasteiger partial charge in [0.2, 0.25) is 5.88 Å². The molecule has 5 nitrogen and oxygen atoms in total. The molecule has 0 radical (unpaired) electrons. The Kier molecular flexibility index (Phi) is 5.45. The summed E-state index contributed by atoms with van der Waals surface area (Å²) in [4.78, 5) is 9.36. The molecule has 0 aliphatic carbocycles. The van der Waals surface area contributed by atoms with Gasteiger partial charge in [-0.15, -0.1) is 0 Å². The first-order chi connectivity index (χ1) is 14.4. The SMILES string of the molecule is CCS(=O)(=O)c1cccc(-c2cccc(Oc3nc4cccc(Cl)c4nc3C)c2)c1. The Morgan fingerprint density at radius 2 is 1.63 bits per heavy atom. The zero-order chi connectivity index (χ0) is 21.3. The molecule has 152 valence electrons. The molecule has 3 aromatic carbocycles. The highest BCUT2D eigenvalue weighted by molar-refractivity contribution is 7.91. The highest BCUT2D eigenvalue weighted by atomic mass is 35.5. The first kappa shape index (κ1) is 20.3. The molecule has 0 amide bonds. The predicted octanol–water partition coefficient (Wildman–Crippen LogP) is 5.84. The molecule has 0 saturated carbocycles. The van der Waals surface area contributed by atoms with E-state index in [1.807, 2.05) is 49.4 Å². The van der Waals surface area contributed by atoms with Gasteiger partial charge in [-0.1, -0.05) is 48.9 Å². The normalized spacial score (nSPS) is 11.6. The standard InChI is InChI=1S/C23H19ClN2O3S/c1-3-30(27,28)19-10-5-8-17(14-19)16-7-4-9-18(13-16)29-23-15(2)25-22-20(24)11-6-12-21(22)26-23/h4-14H,3H2,1-2H3. The number of sulfone groups is 1. The van der Waals surface area contributed by atoms with Crippen LogP contribution in [0.1, 0.15) is 12.6 Å². The lowest BCUT2D eigenvalue weighted by atomic mass is 10.1. The van der Waals surface area contributed by atoms with Crippen LogP contribution in [-0.4, -0.2) is 24.1 Å². The summed E-state index contributed by atoms with van der Waals surface area (Å²) in [6.45, 7) is 3.45. The van der Waals surface area contributed by atoms with E-state index < -0.39 is 9.84 Å². The molecule has 0 aliphatic heterocycles. The van der Waals surface area contributed by atoms with Gasteiger partial charge in [-0.25, -0.2) is 18.4 Å². The Balaban J connectivity index is 1.69. The third kappa shape index (κ3) is 4.01. The number of fused-ring (bicyclic) bond motifs is 1. The van der Waals surface area contributed by atoms with Gasteiger partial charge < -0.3 is 4.74 Å². The van der Waals surface area contributed by atoms with E-state index in [1.54, 1.807) is 31.2 Å². The maximum Gasteiger partial charge on any atom is 0.241 e. The second-order valence-electron chi connectivity index (χ2n) is 6.78. The lowest BCUT2D eigenvalue weighted by molar-refractivity contribution is 0.458. The predicted molar refractivity (Wildman–Crippen MR) is 119 cm³/mol. The van der Waals surface area contributed by atoms with Crippen LogP contribution in [0.3, 0.4) is 0 Å². The summed E-state index contributed by atoms with van der Waals surface area (Å²) in [5.41, 5.74) is 3.54. The van der Waals surface area contributed by atoms with Crippen LogP contribution in [0.2, 0.25) is 5.02 Å². The molecular weight excluding hydrogens is 420 g/mol. The molecule has 4 rings (SSSR count). The molecule has 0 aliphatic rings. The molecule has 30 heavy (non-hydrogen) atoms. The first-order valence-electron chi connectivity index (χ1n) is 9.41. The highest BCUT2D eigenvalue weighted by Gasteiger charge is 2.13. The van der Waals surface area contributed by atoms with Crippen LogP contribution in [0.5, 0.6) is 11.6 Å². The van der Waals surface area contributed by atoms with Crippen LogP contribution in [0.4, 0.5) is 0 Å². The van der Waals surface area contributed by atoms with Gasteiger partial charge in [-0.2, -0.15) is 0 Å². The van der Waals surface area contributed by atoms with Crippen molar-refractivity contribution in [2.24, 2.45) is 0 Å². The van der Waals surface area contributed by atoms with Gasteiger partial charge >= 0.3 is 0 Å². The molecule has 0 fully saturated rings. The fourth-order valence-electron chi connectivity index (χ4n) is 3.09. The minimum absolute atomic E-state index is 0.0591. The lowest BCUT2D eigenvalue weighted by Gasteiger charge is -2.11. The fraction of sp³-hybridized carbons (Fsp3) is 0.130. The van der Waals surface area contributed by atoms with Crippen molar-refractivity contribution in [3.05, 3.63) is 77.4 Å². The number of rotatable bonds is 5. The first-order valence-corrected chi connectivity index (χ1v) is 11.4. The number of hydrogen-bond donors (Lipinski definition) is 0. The summed E-state index contributed by atoms with van der Waals surface area (Å²) in [5.74, 6) is 1.03. The molecule has 1 heterocycles. The van der Waals surface area contributed by atoms with E-state index >= 15 is 0 Å². The number of hydrogen-bond acceptors (Lipinski definition) is 5. The maximum atomic E-state index is 12.2. The second-order valence-corrected chi connectivity index (χ2v) is 9.47. The summed E-state index contributed by atoms with van der Waals surface area (Å²) in [6, 6.07) is 19.8. The Morgan fingerprint density at radius 3 is 2.40 bits per heavy atom. The van der Waals surface area contributed by atoms with Crippen LogP contribution >= 0.6 is 11.6 Å². The Morgan fingerprint density at radius 1 is 0.933 bits per heavy atom. The molecule has 0 N–H and O–H groups in total. The summed E-state index contributed by atoms with van der Waals surface area (Å²) >= 11 is 6.20. The van der Waals surface area contributed by atoms with Crippen LogP contribution < -0.4 is 4.74 Å².